The van der Waals surface area contributed by atoms with Crippen LogP contribution in [0.1, 0.15) is 37.1 Å². The van der Waals surface area contributed by atoms with Crippen LogP contribution < -0.4 is 9.62 Å². The summed E-state index contributed by atoms with van der Waals surface area (Å²) in [7, 11) is -4.60. The molecule has 3 fully saturated rings. The molecule has 0 aromatic carbocycles. The smallest absolute Gasteiger partial charge is 0.380 e. The Kier molecular flexibility index (Phi) is 5.57. The standard InChI is InChI=1S/C21H21F5N6O3S2/c22-16(23)18-29-28-17(36-18)13-9-27-32-14(13)7-12(37(33,34)30-20(1-2-20)21(24,25)26)8-15(32)31-5-3-19(4-6-31)10-35-11-19/h7-9,16,30H,1-6,10-11H2. The van der Waals surface area contributed by atoms with Crippen LogP contribution in [0.25, 0.3) is 16.1 Å². The number of pyridine rings is 1. The Balaban J connectivity index is 1.44. The van der Waals surface area contributed by atoms with Crippen molar-refractivity contribution in [3.8, 4) is 10.6 Å². The van der Waals surface area contributed by atoms with Gasteiger partial charge >= 0.3 is 6.18 Å². The number of aromatic nitrogens is 4. The van der Waals surface area contributed by atoms with E-state index < -0.39 is 33.2 Å². The van der Waals surface area contributed by atoms with E-state index in [0.29, 0.717) is 43.5 Å². The molecule has 3 aliphatic rings. The highest BCUT2D eigenvalue weighted by atomic mass is 32.2. The van der Waals surface area contributed by atoms with Gasteiger partial charge in [0.15, 0.2) is 10.0 Å². The first-order chi connectivity index (χ1) is 17.4. The van der Waals surface area contributed by atoms with Gasteiger partial charge in [-0.3, -0.25) is 0 Å². The summed E-state index contributed by atoms with van der Waals surface area (Å²) >= 11 is 0.635. The first kappa shape index (κ1) is 24.9. The highest BCUT2D eigenvalue weighted by Gasteiger charge is 2.65. The van der Waals surface area contributed by atoms with Crippen molar-refractivity contribution in [2.24, 2.45) is 5.41 Å². The molecule has 0 radical (unpaired) electrons. The maximum absolute atomic E-state index is 13.5. The summed E-state index contributed by atoms with van der Waals surface area (Å²) in [5.41, 5.74) is -1.95. The highest BCUT2D eigenvalue weighted by Crippen LogP contribution is 2.50. The molecule has 1 spiro atoms. The van der Waals surface area contributed by atoms with Crippen LogP contribution in [0.3, 0.4) is 0 Å². The Morgan fingerprint density at radius 3 is 2.32 bits per heavy atom. The van der Waals surface area contributed by atoms with Crippen molar-refractivity contribution < 1.29 is 35.1 Å². The maximum Gasteiger partial charge on any atom is 0.407 e. The fraction of sp³-hybridized carbons (Fsp3) is 0.571. The number of ether oxygens (including phenoxy) is 1. The molecule has 37 heavy (non-hydrogen) atoms. The molecule has 0 bridgehead atoms. The molecular weight excluding hydrogens is 543 g/mol. The largest absolute Gasteiger partial charge is 0.407 e. The van der Waals surface area contributed by atoms with Crippen LogP contribution >= 0.6 is 11.3 Å². The molecule has 16 heteroatoms. The zero-order valence-corrected chi connectivity index (χ0v) is 20.8. The van der Waals surface area contributed by atoms with E-state index in [1.807, 2.05) is 9.62 Å². The molecule has 9 nitrogen and oxygen atoms in total. The fourth-order valence-electron chi connectivity index (χ4n) is 4.80. The second kappa shape index (κ2) is 8.28. The lowest BCUT2D eigenvalue weighted by Gasteiger charge is -2.47. The summed E-state index contributed by atoms with van der Waals surface area (Å²) in [5, 5.41) is 11.2. The van der Waals surface area contributed by atoms with Gasteiger partial charge in [-0.15, -0.1) is 10.2 Å². The number of hydrogen-bond donors (Lipinski definition) is 1. The van der Waals surface area contributed by atoms with Crippen LogP contribution in [-0.2, 0) is 14.8 Å². The monoisotopic (exact) mass is 564 g/mol. The maximum atomic E-state index is 13.5. The number of rotatable bonds is 6. The molecule has 3 aromatic rings. The number of halogens is 5. The number of anilines is 1. The van der Waals surface area contributed by atoms with Gasteiger partial charge in [-0.2, -0.15) is 23.0 Å². The van der Waals surface area contributed by atoms with Crippen LogP contribution in [0.5, 0.6) is 0 Å². The van der Waals surface area contributed by atoms with E-state index in [-0.39, 0.29) is 39.2 Å². The van der Waals surface area contributed by atoms with Gasteiger partial charge in [0.25, 0.3) is 6.43 Å². The summed E-state index contributed by atoms with van der Waals surface area (Å²) in [6.45, 7) is 2.43. The van der Waals surface area contributed by atoms with E-state index >= 15 is 0 Å². The van der Waals surface area contributed by atoms with E-state index in [1.165, 1.54) is 22.8 Å². The summed E-state index contributed by atoms with van der Waals surface area (Å²) in [6.07, 6.45) is -5.31. The quantitative estimate of drug-likeness (QED) is 0.455. The van der Waals surface area contributed by atoms with Crippen LogP contribution in [0.15, 0.2) is 23.2 Å². The number of piperidine rings is 1. The topological polar surface area (TPSA) is 102 Å². The molecule has 2 saturated heterocycles. The molecule has 1 saturated carbocycles. The summed E-state index contributed by atoms with van der Waals surface area (Å²) < 4.78 is 102. The van der Waals surface area contributed by atoms with Gasteiger partial charge in [0.1, 0.15) is 11.4 Å². The van der Waals surface area contributed by atoms with Gasteiger partial charge in [0.05, 0.1) is 35.4 Å². The van der Waals surface area contributed by atoms with Gasteiger partial charge in [0.2, 0.25) is 10.0 Å². The Hall–Kier alpha value is -2.43. The van der Waals surface area contributed by atoms with E-state index in [0.717, 1.165) is 12.8 Å². The Morgan fingerprint density at radius 1 is 1.08 bits per heavy atom. The summed E-state index contributed by atoms with van der Waals surface area (Å²) in [4.78, 5) is 1.55. The molecule has 200 valence electrons. The minimum atomic E-state index is -4.74. The number of sulfonamides is 1. The van der Waals surface area contributed by atoms with Crippen LogP contribution in [-0.4, -0.2) is 66.2 Å². The minimum Gasteiger partial charge on any atom is -0.380 e. The van der Waals surface area contributed by atoms with Crippen molar-refractivity contribution >= 4 is 32.7 Å². The zero-order valence-electron chi connectivity index (χ0n) is 19.1. The van der Waals surface area contributed by atoms with Gasteiger partial charge in [-0.25, -0.2) is 21.7 Å². The van der Waals surface area contributed by atoms with Gasteiger partial charge in [0, 0.05) is 24.6 Å². The van der Waals surface area contributed by atoms with Gasteiger partial charge < -0.3 is 9.64 Å². The lowest BCUT2D eigenvalue weighted by molar-refractivity contribution is -0.160. The fourth-order valence-corrected chi connectivity index (χ4v) is 6.99. The third-order valence-corrected chi connectivity index (χ3v) is 9.81. The zero-order chi connectivity index (χ0) is 26.2. The third kappa shape index (κ3) is 4.17. The molecule has 6 rings (SSSR count). The van der Waals surface area contributed by atoms with Crippen molar-refractivity contribution in [3.63, 3.8) is 0 Å². The number of alkyl halides is 5. The van der Waals surface area contributed by atoms with Crippen molar-refractivity contribution in [2.75, 3.05) is 31.2 Å². The lowest BCUT2D eigenvalue weighted by Crippen LogP contribution is -2.51. The van der Waals surface area contributed by atoms with Crippen molar-refractivity contribution in [2.45, 2.75) is 48.7 Å². The molecular formula is C21H21F5N6O3S2. The van der Waals surface area contributed by atoms with E-state index in [2.05, 4.69) is 15.3 Å². The van der Waals surface area contributed by atoms with E-state index in [1.54, 1.807) is 0 Å². The SMILES string of the molecule is O=S(=O)(NC1(C(F)(F)F)CC1)c1cc(N2CCC3(CC2)COC3)n2ncc(-c3nnc(C(F)F)s3)c2c1. The van der Waals surface area contributed by atoms with Crippen molar-refractivity contribution in [1.29, 1.82) is 0 Å². The average Bonchev–Trinajstić information content (AvgIpc) is 3.25. The first-order valence-electron chi connectivity index (χ1n) is 11.5. The summed E-state index contributed by atoms with van der Waals surface area (Å²) in [6, 6.07) is 2.49. The molecule has 5 heterocycles. The van der Waals surface area contributed by atoms with Crippen LogP contribution in [0.2, 0.25) is 0 Å². The minimum absolute atomic E-state index is 0.0828. The molecule has 3 aromatic heterocycles. The number of nitrogens with zero attached hydrogens (tertiary/aromatic N) is 5. The average molecular weight is 565 g/mol. The molecule has 0 unspecified atom stereocenters. The number of nitrogens with one attached hydrogen (secondary N) is 1. The van der Waals surface area contributed by atoms with E-state index in [9.17, 15) is 30.4 Å². The van der Waals surface area contributed by atoms with Crippen LogP contribution in [0.4, 0.5) is 27.8 Å². The molecule has 0 atom stereocenters. The lowest BCUT2D eigenvalue weighted by atomic mass is 9.77. The van der Waals surface area contributed by atoms with E-state index in [4.69, 9.17) is 4.74 Å². The third-order valence-electron chi connectivity index (χ3n) is 7.33. The number of fused-ring (bicyclic) bond motifs is 1. The molecule has 1 N–H and O–H groups in total. The summed E-state index contributed by atoms with van der Waals surface area (Å²) in [5.74, 6) is 0.370. The highest BCUT2D eigenvalue weighted by molar-refractivity contribution is 7.89. The Labute approximate surface area is 211 Å². The Morgan fingerprint density at radius 2 is 1.78 bits per heavy atom. The molecule has 1 aliphatic carbocycles. The predicted octanol–water partition coefficient (Wildman–Crippen LogP) is 3.78. The molecule has 0 amide bonds. The second-order valence-corrected chi connectivity index (χ2v) is 12.5. The Bertz CT molecular complexity index is 1450. The second-order valence-electron chi connectivity index (χ2n) is 9.82. The normalized spacial score (nSPS) is 21.1. The van der Waals surface area contributed by atoms with Gasteiger partial charge in [-0.1, -0.05) is 11.3 Å². The van der Waals surface area contributed by atoms with Crippen LogP contribution in [0, 0.1) is 5.41 Å². The molecule has 2 aliphatic heterocycles. The first-order valence-corrected chi connectivity index (χ1v) is 13.8. The number of hydrogen-bond acceptors (Lipinski definition) is 8. The van der Waals surface area contributed by atoms with Crippen molar-refractivity contribution in [3.05, 3.63) is 23.3 Å². The predicted molar refractivity (Wildman–Crippen MR) is 122 cm³/mol. The van der Waals surface area contributed by atoms with Gasteiger partial charge in [-0.05, 0) is 31.7 Å². The van der Waals surface area contributed by atoms with Crippen molar-refractivity contribution in [1.82, 2.24) is 24.5 Å².